The lowest BCUT2D eigenvalue weighted by Crippen LogP contribution is -2.47. The van der Waals surface area contributed by atoms with E-state index in [1.807, 2.05) is 24.3 Å². The fraction of sp³-hybridized carbons (Fsp3) is 0.400. The standard InChI is InChI=1S/C25H28FN3O3/c1-28(2)24(32)25(13-14-29(16-25)23(31)21-11-12-22(30)27-21)15-17-7-3-4-8-18(17)19-9-5-6-10-20(19)26/h3-10,21H,11-16H2,1-2H3,(H,27,30)/t21-,25+/m0/s1. The number of nitrogens with zero attached hydrogens (tertiary/aromatic N) is 2. The van der Waals surface area contributed by atoms with Crippen molar-refractivity contribution >= 4 is 17.7 Å². The molecular weight excluding hydrogens is 409 g/mol. The number of rotatable bonds is 5. The molecule has 2 aliphatic rings. The second-order valence-electron chi connectivity index (χ2n) is 8.96. The van der Waals surface area contributed by atoms with E-state index in [2.05, 4.69) is 5.32 Å². The second kappa shape index (κ2) is 8.73. The molecular formula is C25H28FN3O3. The van der Waals surface area contributed by atoms with E-state index in [0.29, 0.717) is 37.8 Å². The smallest absolute Gasteiger partial charge is 0.245 e. The Balaban J connectivity index is 1.65. The van der Waals surface area contributed by atoms with Crippen molar-refractivity contribution in [3.05, 3.63) is 59.9 Å². The molecule has 0 aromatic heterocycles. The van der Waals surface area contributed by atoms with Crippen LogP contribution in [-0.4, -0.2) is 60.7 Å². The van der Waals surface area contributed by atoms with Gasteiger partial charge in [0.25, 0.3) is 0 Å². The Bertz CT molecular complexity index is 1050. The van der Waals surface area contributed by atoms with E-state index >= 15 is 0 Å². The summed E-state index contributed by atoms with van der Waals surface area (Å²) in [5, 5.41) is 2.73. The maximum absolute atomic E-state index is 14.6. The molecule has 0 aliphatic carbocycles. The van der Waals surface area contributed by atoms with E-state index in [4.69, 9.17) is 0 Å². The van der Waals surface area contributed by atoms with Gasteiger partial charge in [-0.15, -0.1) is 0 Å². The minimum absolute atomic E-state index is 0.0494. The lowest BCUT2D eigenvalue weighted by Gasteiger charge is -2.32. The van der Waals surface area contributed by atoms with Crippen molar-refractivity contribution < 1.29 is 18.8 Å². The van der Waals surface area contributed by atoms with Gasteiger partial charge in [-0.1, -0.05) is 42.5 Å². The first-order valence-corrected chi connectivity index (χ1v) is 10.9. The lowest BCUT2D eigenvalue weighted by molar-refractivity contribution is -0.140. The third-order valence-electron chi connectivity index (χ3n) is 6.53. The fourth-order valence-corrected chi connectivity index (χ4v) is 4.93. The first-order chi connectivity index (χ1) is 15.3. The Morgan fingerprint density at radius 2 is 1.81 bits per heavy atom. The zero-order valence-electron chi connectivity index (χ0n) is 18.4. The van der Waals surface area contributed by atoms with Gasteiger partial charge in [0, 0.05) is 39.2 Å². The summed E-state index contributed by atoms with van der Waals surface area (Å²) in [5.41, 5.74) is 1.32. The number of halogens is 1. The number of benzene rings is 2. The number of amides is 3. The van der Waals surface area contributed by atoms with Crippen LogP contribution in [0.1, 0.15) is 24.8 Å². The van der Waals surface area contributed by atoms with Gasteiger partial charge in [-0.2, -0.15) is 0 Å². The summed E-state index contributed by atoms with van der Waals surface area (Å²) in [5.74, 6) is -0.608. The number of carbonyl (C=O) groups excluding carboxylic acids is 3. The molecule has 0 saturated carbocycles. The maximum atomic E-state index is 14.6. The predicted octanol–water partition coefficient (Wildman–Crippen LogP) is 2.62. The van der Waals surface area contributed by atoms with Gasteiger partial charge in [0.2, 0.25) is 17.7 Å². The minimum Gasteiger partial charge on any atom is -0.348 e. The quantitative estimate of drug-likeness (QED) is 0.782. The van der Waals surface area contributed by atoms with Crippen LogP contribution in [0.25, 0.3) is 11.1 Å². The topological polar surface area (TPSA) is 69.7 Å². The average Bonchev–Trinajstić information content (AvgIpc) is 3.41. The highest BCUT2D eigenvalue weighted by atomic mass is 19.1. The molecule has 3 amide bonds. The molecule has 0 spiro atoms. The Hall–Kier alpha value is -3.22. The van der Waals surface area contributed by atoms with Gasteiger partial charge in [-0.3, -0.25) is 14.4 Å². The van der Waals surface area contributed by atoms with Crippen LogP contribution in [-0.2, 0) is 20.8 Å². The van der Waals surface area contributed by atoms with E-state index < -0.39 is 11.5 Å². The van der Waals surface area contributed by atoms with Crippen molar-refractivity contribution in [1.29, 1.82) is 0 Å². The van der Waals surface area contributed by atoms with Crippen LogP contribution in [0, 0.1) is 11.2 Å². The lowest BCUT2D eigenvalue weighted by atomic mass is 9.77. The molecule has 168 valence electrons. The van der Waals surface area contributed by atoms with Crippen LogP contribution in [0.2, 0.25) is 0 Å². The van der Waals surface area contributed by atoms with Crippen LogP contribution in [0.5, 0.6) is 0 Å². The highest BCUT2D eigenvalue weighted by molar-refractivity contribution is 5.92. The summed E-state index contributed by atoms with van der Waals surface area (Å²) < 4.78 is 14.6. The molecule has 2 heterocycles. The molecule has 2 aromatic rings. The van der Waals surface area contributed by atoms with Crippen LogP contribution >= 0.6 is 0 Å². The molecule has 2 atom stereocenters. The molecule has 0 bridgehead atoms. The molecule has 6 nitrogen and oxygen atoms in total. The van der Waals surface area contributed by atoms with Gasteiger partial charge in [-0.25, -0.2) is 4.39 Å². The van der Waals surface area contributed by atoms with Crippen molar-refractivity contribution in [3.63, 3.8) is 0 Å². The van der Waals surface area contributed by atoms with E-state index in [9.17, 15) is 18.8 Å². The van der Waals surface area contributed by atoms with Gasteiger partial charge in [-0.05, 0) is 36.5 Å². The van der Waals surface area contributed by atoms with Crippen molar-refractivity contribution in [1.82, 2.24) is 15.1 Å². The van der Waals surface area contributed by atoms with Crippen LogP contribution in [0.4, 0.5) is 4.39 Å². The molecule has 2 aliphatic heterocycles. The number of likely N-dealkylation sites (tertiary alicyclic amines) is 1. The van der Waals surface area contributed by atoms with E-state index in [-0.39, 0.29) is 30.1 Å². The monoisotopic (exact) mass is 437 g/mol. The van der Waals surface area contributed by atoms with Crippen molar-refractivity contribution in [2.75, 3.05) is 27.2 Å². The van der Waals surface area contributed by atoms with Crippen molar-refractivity contribution in [3.8, 4) is 11.1 Å². The Morgan fingerprint density at radius 3 is 2.47 bits per heavy atom. The summed E-state index contributed by atoms with van der Waals surface area (Å²) >= 11 is 0. The normalized spacial score (nSPS) is 22.7. The molecule has 2 aromatic carbocycles. The highest BCUT2D eigenvalue weighted by Crippen LogP contribution is 2.39. The van der Waals surface area contributed by atoms with Crippen LogP contribution in [0.15, 0.2) is 48.5 Å². The van der Waals surface area contributed by atoms with Crippen LogP contribution in [0.3, 0.4) is 0 Å². The summed E-state index contributed by atoms with van der Waals surface area (Å²) in [6.45, 7) is 0.730. The average molecular weight is 438 g/mol. The van der Waals surface area contributed by atoms with Gasteiger partial charge in [0.1, 0.15) is 11.9 Å². The van der Waals surface area contributed by atoms with Crippen LogP contribution < -0.4 is 5.32 Å². The third-order valence-corrected chi connectivity index (χ3v) is 6.53. The molecule has 0 unspecified atom stereocenters. The first kappa shape index (κ1) is 22.0. The molecule has 0 radical (unpaired) electrons. The zero-order chi connectivity index (χ0) is 22.9. The number of hydrogen-bond donors (Lipinski definition) is 1. The molecule has 4 rings (SSSR count). The molecule has 1 N–H and O–H groups in total. The summed E-state index contributed by atoms with van der Waals surface area (Å²) in [6.07, 6.45) is 1.75. The predicted molar refractivity (Wildman–Crippen MR) is 119 cm³/mol. The zero-order valence-corrected chi connectivity index (χ0v) is 18.4. The fourth-order valence-electron chi connectivity index (χ4n) is 4.93. The Morgan fingerprint density at radius 1 is 1.12 bits per heavy atom. The molecule has 7 heteroatoms. The number of nitrogens with one attached hydrogen (secondary N) is 1. The second-order valence-corrected chi connectivity index (χ2v) is 8.96. The molecule has 2 saturated heterocycles. The summed E-state index contributed by atoms with van der Waals surface area (Å²) in [7, 11) is 3.43. The Labute approximate surface area is 187 Å². The SMILES string of the molecule is CN(C)C(=O)[C@@]1(Cc2ccccc2-c2ccccc2F)CCN(C(=O)[C@@H]2CCC(=O)N2)C1. The van der Waals surface area contributed by atoms with E-state index in [0.717, 1.165) is 11.1 Å². The summed E-state index contributed by atoms with van der Waals surface area (Å²) in [6, 6.07) is 13.6. The van der Waals surface area contributed by atoms with E-state index in [1.165, 1.54) is 6.07 Å². The molecule has 32 heavy (non-hydrogen) atoms. The van der Waals surface area contributed by atoms with Gasteiger partial charge < -0.3 is 15.1 Å². The maximum Gasteiger partial charge on any atom is 0.245 e. The third kappa shape index (κ3) is 4.11. The minimum atomic E-state index is -0.802. The first-order valence-electron chi connectivity index (χ1n) is 10.9. The van der Waals surface area contributed by atoms with Crippen molar-refractivity contribution in [2.45, 2.75) is 31.7 Å². The molecule has 2 fully saturated rings. The van der Waals surface area contributed by atoms with Crippen molar-refractivity contribution in [2.24, 2.45) is 5.41 Å². The largest absolute Gasteiger partial charge is 0.348 e. The van der Waals surface area contributed by atoms with Gasteiger partial charge >= 0.3 is 0 Å². The van der Waals surface area contributed by atoms with Gasteiger partial charge in [0.15, 0.2) is 0 Å². The van der Waals surface area contributed by atoms with Gasteiger partial charge in [0.05, 0.1) is 5.41 Å². The highest BCUT2D eigenvalue weighted by Gasteiger charge is 2.48. The number of carbonyl (C=O) groups is 3. The summed E-state index contributed by atoms with van der Waals surface area (Å²) in [4.78, 5) is 41.2. The van der Waals surface area contributed by atoms with E-state index in [1.54, 1.807) is 42.1 Å². The number of hydrogen-bond acceptors (Lipinski definition) is 3. The Kier molecular flexibility index (Phi) is 6.00.